The molecule has 2 aromatic rings. The highest BCUT2D eigenvalue weighted by atomic mass is 16.6. The molecule has 1 aliphatic heterocycles. The van der Waals surface area contributed by atoms with Crippen LogP contribution in [0, 0.1) is 0 Å². The third kappa shape index (κ3) is 5.14. The number of amides is 1. The van der Waals surface area contributed by atoms with Gasteiger partial charge in [-0.1, -0.05) is 67.6 Å². The molecule has 1 saturated heterocycles. The predicted molar refractivity (Wildman–Crippen MR) is 113 cm³/mol. The molecular weight excluding hydrogens is 348 g/mol. The van der Waals surface area contributed by atoms with Crippen LogP contribution in [0.3, 0.4) is 0 Å². The molecule has 3 rings (SSSR count). The van der Waals surface area contributed by atoms with E-state index in [4.69, 9.17) is 4.74 Å². The van der Waals surface area contributed by atoms with Gasteiger partial charge in [-0.05, 0) is 44.2 Å². The molecule has 3 unspecified atom stereocenters. The Morgan fingerprint density at radius 2 is 1.68 bits per heavy atom. The molecule has 1 heterocycles. The van der Waals surface area contributed by atoms with Gasteiger partial charge in [0.2, 0.25) is 0 Å². The van der Waals surface area contributed by atoms with Crippen molar-refractivity contribution in [1.82, 2.24) is 10.2 Å². The third-order valence-electron chi connectivity index (χ3n) is 5.46. The van der Waals surface area contributed by atoms with Crippen LogP contribution in [0.4, 0.5) is 4.79 Å². The van der Waals surface area contributed by atoms with Crippen molar-refractivity contribution in [2.45, 2.75) is 70.8 Å². The molecule has 3 atom stereocenters. The Morgan fingerprint density at radius 3 is 2.25 bits per heavy atom. The zero-order chi connectivity index (χ0) is 19.9. The number of likely N-dealkylation sites (tertiary alicyclic amines) is 1. The lowest BCUT2D eigenvalue weighted by Gasteiger charge is -2.31. The number of benzene rings is 2. The summed E-state index contributed by atoms with van der Waals surface area (Å²) in [4.78, 5) is 14.9. The standard InChI is InChI=1S/C24H32N2O2/c1-4-21-16-22(25-17-20-13-9-6-10-14-20)23(15-19-11-7-5-8-12-19)26(21)24(27)28-18(2)3/h5-14,18,21-23,25H,4,15-17H2,1-3H3. The van der Waals surface area contributed by atoms with Gasteiger partial charge in [0.05, 0.1) is 12.1 Å². The molecule has 150 valence electrons. The van der Waals surface area contributed by atoms with Gasteiger partial charge >= 0.3 is 6.09 Å². The van der Waals surface area contributed by atoms with Gasteiger partial charge in [-0.3, -0.25) is 0 Å². The van der Waals surface area contributed by atoms with Crippen molar-refractivity contribution in [3.63, 3.8) is 0 Å². The Balaban J connectivity index is 1.80. The molecule has 4 nitrogen and oxygen atoms in total. The minimum Gasteiger partial charge on any atom is -0.447 e. The molecule has 0 bridgehead atoms. The van der Waals surface area contributed by atoms with Crippen molar-refractivity contribution < 1.29 is 9.53 Å². The number of hydrogen-bond acceptors (Lipinski definition) is 3. The van der Waals surface area contributed by atoms with Crippen molar-refractivity contribution in [2.24, 2.45) is 0 Å². The molecule has 1 amide bonds. The van der Waals surface area contributed by atoms with Crippen LogP contribution in [-0.2, 0) is 17.7 Å². The predicted octanol–water partition coefficient (Wildman–Crippen LogP) is 4.79. The lowest BCUT2D eigenvalue weighted by atomic mass is 9.99. The Hall–Kier alpha value is -2.33. The monoisotopic (exact) mass is 380 g/mol. The molecular formula is C24H32N2O2. The van der Waals surface area contributed by atoms with Gasteiger partial charge in [0.1, 0.15) is 0 Å². The fourth-order valence-corrected chi connectivity index (χ4v) is 4.10. The van der Waals surface area contributed by atoms with Gasteiger partial charge in [-0.2, -0.15) is 0 Å². The normalized spacial score (nSPS) is 21.9. The Morgan fingerprint density at radius 1 is 1.07 bits per heavy atom. The molecule has 0 aliphatic carbocycles. The van der Waals surface area contributed by atoms with Crippen LogP contribution >= 0.6 is 0 Å². The van der Waals surface area contributed by atoms with Crippen LogP contribution in [0.5, 0.6) is 0 Å². The molecule has 1 aliphatic rings. The summed E-state index contributed by atoms with van der Waals surface area (Å²) >= 11 is 0. The number of carbonyl (C=O) groups is 1. The van der Waals surface area contributed by atoms with Gasteiger partial charge in [0, 0.05) is 18.6 Å². The molecule has 0 spiro atoms. The summed E-state index contributed by atoms with van der Waals surface area (Å²) in [6.45, 7) is 6.78. The molecule has 0 radical (unpaired) electrons. The van der Waals surface area contributed by atoms with E-state index in [1.54, 1.807) is 0 Å². The molecule has 28 heavy (non-hydrogen) atoms. The van der Waals surface area contributed by atoms with Gasteiger partial charge in [-0.15, -0.1) is 0 Å². The highest BCUT2D eigenvalue weighted by molar-refractivity contribution is 5.69. The average molecular weight is 381 g/mol. The number of hydrogen-bond donors (Lipinski definition) is 1. The maximum Gasteiger partial charge on any atom is 0.410 e. The van der Waals surface area contributed by atoms with E-state index < -0.39 is 0 Å². The van der Waals surface area contributed by atoms with Crippen molar-refractivity contribution >= 4 is 6.09 Å². The zero-order valence-corrected chi connectivity index (χ0v) is 17.2. The number of rotatable bonds is 7. The number of nitrogens with one attached hydrogen (secondary N) is 1. The van der Waals surface area contributed by atoms with Crippen LogP contribution in [0.2, 0.25) is 0 Å². The topological polar surface area (TPSA) is 41.6 Å². The second-order valence-electron chi connectivity index (χ2n) is 7.87. The smallest absolute Gasteiger partial charge is 0.410 e. The maximum atomic E-state index is 12.9. The molecule has 1 N–H and O–H groups in total. The van der Waals surface area contributed by atoms with Crippen LogP contribution in [0.1, 0.15) is 44.7 Å². The first-order valence-corrected chi connectivity index (χ1v) is 10.4. The highest BCUT2D eigenvalue weighted by Crippen LogP contribution is 2.30. The Labute approximate surface area is 168 Å². The summed E-state index contributed by atoms with van der Waals surface area (Å²) in [5.74, 6) is 0. The maximum absolute atomic E-state index is 12.9. The Kier molecular flexibility index (Phi) is 7.10. The quantitative estimate of drug-likeness (QED) is 0.751. The third-order valence-corrected chi connectivity index (χ3v) is 5.46. The number of nitrogens with zero attached hydrogens (tertiary/aromatic N) is 1. The second-order valence-corrected chi connectivity index (χ2v) is 7.87. The first-order valence-electron chi connectivity index (χ1n) is 10.4. The van der Waals surface area contributed by atoms with Crippen molar-refractivity contribution in [2.75, 3.05) is 0 Å². The fourth-order valence-electron chi connectivity index (χ4n) is 4.10. The second kappa shape index (κ2) is 9.74. The lowest BCUT2D eigenvalue weighted by molar-refractivity contribution is 0.0590. The van der Waals surface area contributed by atoms with Gasteiger partial charge in [0.25, 0.3) is 0 Å². The minimum atomic E-state index is -0.188. The number of ether oxygens (including phenoxy) is 1. The van der Waals surface area contributed by atoms with E-state index in [-0.39, 0.29) is 30.3 Å². The summed E-state index contributed by atoms with van der Waals surface area (Å²) in [7, 11) is 0. The number of carbonyl (C=O) groups excluding carboxylic acids is 1. The van der Waals surface area contributed by atoms with Crippen LogP contribution < -0.4 is 5.32 Å². The molecule has 0 aromatic heterocycles. The highest BCUT2D eigenvalue weighted by Gasteiger charge is 2.43. The van der Waals surface area contributed by atoms with Crippen LogP contribution in [-0.4, -0.2) is 35.2 Å². The average Bonchev–Trinajstić information content (AvgIpc) is 3.05. The minimum absolute atomic E-state index is 0.0855. The SMILES string of the molecule is CCC1CC(NCc2ccccc2)C(Cc2ccccc2)N1C(=O)OC(C)C. The van der Waals surface area contributed by atoms with Crippen molar-refractivity contribution in [1.29, 1.82) is 0 Å². The van der Waals surface area contributed by atoms with Crippen LogP contribution in [0.15, 0.2) is 60.7 Å². The fraction of sp³-hybridized carbons (Fsp3) is 0.458. The van der Waals surface area contributed by atoms with E-state index in [1.165, 1.54) is 11.1 Å². The first-order chi connectivity index (χ1) is 13.6. The van der Waals surface area contributed by atoms with E-state index in [1.807, 2.05) is 30.9 Å². The van der Waals surface area contributed by atoms with E-state index in [2.05, 4.69) is 60.8 Å². The summed E-state index contributed by atoms with van der Waals surface area (Å²) in [5, 5.41) is 3.72. The largest absolute Gasteiger partial charge is 0.447 e. The van der Waals surface area contributed by atoms with E-state index in [9.17, 15) is 4.79 Å². The summed E-state index contributed by atoms with van der Waals surface area (Å²) < 4.78 is 5.60. The molecule has 1 fully saturated rings. The van der Waals surface area contributed by atoms with Crippen molar-refractivity contribution in [3.05, 3.63) is 71.8 Å². The zero-order valence-electron chi connectivity index (χ0n) is 17.2. The van der Waals surface area contributed by atoms with E-state index in [0.717, 1.165) is 25.8 Å². The molecule has 2 aromatic carbocycles. The lowest BCUT2D eigenvalue weighted by Crippen LogP contribution is -2.48. The van der Waals surface area contributed by atoms with Gasteiger partial charge < -0.3 is 15.0 Å². The van der Waals surface area contributed by atoms with Crippen LogP contribution in [0.25, 0.3) is 0 Å². The first kappa shape index (κ1) is 20.4. The molecule has 0 saturated carbocycles. The van der Waals surface area contributed by atoms with E-state index in [0.29, 0.717) is 0 Å². The van der Waals surface area contributed by atoms with Gasteiger partial charge in [0.15, 0.2) is 0 Å². The Bertz CT molecular complexity index is 733. The summed E-state index contributed by atoms with van der Waals surface area (Å²) in [5.41, 5.74) is 2.51. The van der Waals surface area contributed by atoms with Gasteiger partial charge in [-0.25, -0.2) is 4.79 Å². The van der Waals surface area contributed by atoms with Crippen molar-refractivity contribution in [3.8, 4) is 0 Å². The summed E-state index contributed by atoms with van der Waals surface area (Å²) in [6.07, 6.45) is 2.41. The summed E-state index contributed by atoms with van der Waals surface area (Å²) in [6, 6.07) is 21.4. The van der Waals surface area contributed by atoms with E-state index >= 15 is 0 Å². The molecule has 4 heteroatoms.